The summed E-state index contributed by atoms with van der Waals surface area (Å²) >= 11 is 0. The number of fused-ring (bicyclic) bond motifs is 1. The van der Waals surface area contributed by atoms with E-state index in [0.29, 0.717) is 22.7 Å². The number of anilines is 1. The maximum atomic E-state index is 12.8. The van der Waals surface area contributed by atoms with Crippen molar-refractivity contribution in [2.24, 2.45) is 0 Å². The van der Waals surface area contributed by atoms with Crippen molar-refractivity contribution in [2.45, 2.75) is 6.92 Å². The number of nitrogens with zero attached hydrogens (tertiary/aromatic N) is 1. The Balaban J connectivity index is 1.71. The first-order valence-electron chi connectivity index (χ1n) is 7.91. The lowest BCUT2D eigenvalue weighted by molar-refractivity contribution is -0.122. The fraction of sp³-hybridized carbons (Fsp3) is 0.105. The number of benzene rings is 2. The molecule has 2 aromatic carbocycles. The molecule has 26 heavy (non-hydrogen) atoms. The quantitative estimate of drug-likeness (QED) is 0.664. The second kappa shape index (κ2) is 6.03. The third-order valence-electron chi connectivity index (χ3n) is 4.10. The number of nitrogens with one attached hydrogen (secondary N) is 1. The van der Waals surface area contributed by atoms with E-state index < -0.39 is 17.8 Å². The predicted molar refractivity (Wildman–Crippen MR) is 92.7 cm³/mol. The van der Waals surface area contributed by atoms with Gasteiger partial charge in [0.1, 0.15) is 5.57 Å². The zero-order valence-electron chi connectivity index (χ0n) is 13.8. The van der Waals surface area contributed by atoms with Gasteiger partial charge in [0.15, 0.2) is 11.5 Å². The Morgan fingerprint density at radius 2 is 1.73 bits per heavy atom. The second-order valence-corrected chi connectivity index (χ2v) is 5.91. The summed E-state index contributed by atoms with van der Waals surface area (Å²) in [6, 6.07) is 11.2. The van der Waals surface area contributed by atoms with E-state index in [-0.39, 0.29) is 12.4 Å². The number of urea groups is 1. The molecule has 0 atom stereocenters. The number of aryl methyl sites for hydroxylation is 1. The van der Waals surface area contributed by atoms with Gasteiger partial charge in [-0.25, -0.2) is 9.69 Å². The van der Waals surface area contributed by atoms with E-state index in [0.717, 1.165) is 10.5 Å². The van der Waals surface area contributed by atoms with Gasteiger partial charge in [-0.2, -0.15) is 0 Å². The fourth-order valence-electron chi connectivity index (χ4n) is 2.76. The van der Waals surface area contributed by atoms with Crippen LogP contribution in [0.2, 0.25) is 0 Å². The van der Waals surface area contributed by atoms with Crippen LogP contribution in [0.15, 0.2) is 48.0 Å². The summed E-state index contributed by atoms with van der Waals surface area (Å²) in [6.45, 7) is 2.03. The topological polar surface area (TPSA) is 84.9 Å². The molecule has 1 N–H and O–H groups in total. The minimum Gasteiger partial charge on any atom is -0.454 e. The Morgan fingerprint density at radius 1 is 1.00 bits per heavy atom. The lowest BCUT2D eigenvalue weighted by Crippen LogP contribution is -2.54. The molecular formula is C19H14N2O5. The fourth-order valence-corrected chi connectivity index (χ4v) is 2.76. The largest absolute Gasteiger partial charge is 0.454 e. The Kier molecular flexibility index (Phi) is 3.69. The van der Waals surface area contributed by atoms with E-state index in [1.807, 2.05) is 6.92 Å². The highest BCUT2D eigenvalue weighted by Gasteiger charge is 2.36. The molecule has 4 rings (SSSR count). The maximum Gasteiger partial charge on any atom is 0.335 e. The minimum absolute atomic E-state index is 0.129. The Bertz CT molecular complexity index is 962. The number of ether oxygens (including phenoxy) is 2. The zero-order chi connectivity index (χ0) is 18.3. The average molecular weight is 350 g/mol. The van der Waals surface area contributed by atoms with Crippen LogP contribution in [-0.4, -0.2) is 24.6 Å². The van der Waals surface area contributed by atoms with Gasteiger partial charge >= 0.3 is 6.03 Å². The number of barbiturate groups is 1. The van der Waals surface area contributed by atoms with Crippen molar-refractivity contribution in [1.82, 2.24) is 5.32 Å². The molecule has 7 nitrogen and oxygen atoms in total. The molecule has 0 aliphatic carbocycles. The SMILES string of the molecule is Cc1ccc(N2C(=O)NC(=O)C(=Cc3ccc4c(c3)OCO4)C2=O)cc1. The molecule has 7 heteroatoms. The van der Waals surface area contributed by atoms with Gasteiger partial charge in [-0.15, -0.1) is 0 Å². The highest BCUT2D eigenvalue weighted by molar-refractivity contribution is 6.39. The molecule has 0 unspecified atom stereocenters. The molecule has 1 fully saturated rings. The van der Waals surface area contributed by atoms with Gasteiger partial charge < -0.3 is 9.47 Å². The van der Waals surface area contributed by atoms with Gasteiger partial charge in [-0.05, 0) is 42.8 Å². The van der Waals surface area contributed by atoms with Crippen LogP contribution >= 0.6 is 0 Å². The van der Waals surface area contributed by atoms with Crippen LogP contribution in [0, 0.1) is 6.92 Å². The number of imide groups is 2. The molecule has 2 aliphatic heterocycles. The monoisotopic (exact) mass is 350 g/mol. The van der Waals surface area contributed by atoms with E-state index in [9.17, 15) is 14.4 Å². The van der Waals surface area contributed by atoms with E-state index in [2.05, 4.69) is 5.32 Å². The summed E-state index contributed by atoms with van der Waals surface area (Å²) in [5.74, 6) is -0.279. The minimum atomic E-state index is -0.772. The lowest BCUT2D eigenvalue weighted by Gasteiger charge is -2.26. The summed E-state index contributed by atoms with van der Waals surface area (Å²) in [5.41, 5.74) is 1.84. The standard InChI is InChI=1S/C19H14N2O5/c1-11-2-5-13(6-3-11)21-18(23)14(17(22)20-19(21)24)8-12-4-7-15-16(9-12)26-10-25-15/h2-9H,10H2,1H3,(H,20,22,24). The van der Waals surface area contributed by atoms with Crippen molar-refractivity contribution in [1.29, 1.82) is 0 Å². The predicted octanol–water partition coefficient (Wildman–Crippen LogP) is 2.39. The van der Waals surface area contributed by atoms with Gasteiger partial charge in [0, 0.05) is 0 Å². The Hall–Kier alpha value is -3.61. The molecule has 0 spiro atoms. The van der Waals surface area contributed by atoms with Crippen molar-refractivity contribution in [2.75, 3.05) is 11.7 Å². The van der Waals surface area contributed by atoms with Crippen LogP contribution in [0.5, 0.6) is 11.5 Å². The van der Waals surface area contributed by atoms with Gasteiger partial charge in [0.25, 0.3) is 11.8 Å². The molecular weight excluding hydrogens is 336 g/mol. The maximum absolute atomic E-state index is 12.8. The summed E-state index contributed by atoms with van der Waals surface area (Å²) in [6.07, 6.45) is 1.42. The highest BCUT2D eigenvalue weighted by atomic mass is 16.7. The Labute approximate surface area is 148 Å². The van der Waals surface area contributed by atoms with Crippen LogP contribution in [0.4, 0.5) is 10.5 Å². The van der Waals surface area contributed by atoms with Crippen molar-refractivity contribution >= 4 is 29.6 Å². The second-order valence-electron chi connectivity index (χ2n) is 5.91. The number of carbonyl (C=O) groups is 3. The molecule has 2 aliphatic rings. The summed E-state index contributed by atoms with van der Waals surface area (Å²) in [5, 5.41) is 2.20. The van der Waals surface area contributed by atoms with Crippen molar-refractivity contribution in [3.05, 3.63) is 59.2 Å². The lowest BCUT2D eigenvalue weighted by atomic mass is 10.1. The van der Waals surface area contributed by atoms with E-state index in [1.165, 1.54) is 6.08 Å². The van der Waals surface area contributed by atoms with Crippen molar-refractivity contribution < 1.29 is 23.9 Å². The van der Waals surface area contributed by atoms with E-state index in [1.54, 1.807) is 42.5 Å². The molecule has 4 amide bonds. The van der Waals surface area contributed by atoms with Gasteiger partial charge in [0.05, 0.1) is 5.69 Å². The number of rotatable bonds is 2. The third-order valence-corrected chi connectivity index (χ3v) is 4.10. The zero-order valence-corrected chi connectivity index (χ0v) is 13.8. The van der Waals surface area contributed by atoms with Gasteiger partial charge in [-0.3, -0.25) is 14.9 Å². The third kappa shape index (κ3) is 2.69. The van der Waals surface area contributed by atoms with Gasteiger partial charge in [-0.1, -0.05) is 23.8 Å². The highest BCUT2D eigenvalue weighted by Crippen LogP contribution is 2.33. The number of amides is 4. The van der Waals surface area contributed by atoms with Crippen LogP contribution < -0.4 is 19.7 Å². The first kappa shape index (κ1) is 15.9. The van der Waals surface area contributed by atoms with Crippen molar-refractivity contribution in [3.8, 4) is 11.5 Å². The molecule has 0 radical (unpaired) electrons. The molecule has 130 valence electrons. The molecule has 2 heterocycles. The van der Waals surface area contributed by atoms with Crippen LogP contribution in [0.3, 0.4) is 0 Å². The number of hydrogen-bond acceptors (Lipinski definition) is 5. The van der Waals surface area contributed by atoms with Crippen LogP contribution in [0.1, 0.15) is 11.1 Å². The first-order chi connectivity index (χ1) is 12.5. The normalized spacial score (nSPS) is 17.7. The molecule has 0 aromatic heterocycles. The number of hydrogen-bond donors (Lipinski definition) is 1. The summed E-state index contributed by atoms with van der Waals surface area (Å²) in [7, 11) is 0. The summed E-state index contributed by atoms with van der Waals surface area (Å²) < 4.78 is 10.5. The molecule has 0 bridgehead atoms. The van der Waals surface area contributed by atoms with Crippen LogP contribution in [0.25, 0.3) is 6.08 Å². The average Bonchev–Trinajstić information content (AvgIpc) is 3.08. The molecule has 1 saturated heterocycles. The molecule has 2 aromatic rings. The van der Waals surface area contributed by atoms with Gasteiger partial charge in [0.2, 0.25) is 6.79 Å². The Morgan fingerprint density at radius 3 is 2.50 bits per heavy atom. The van der Waals surface area contributed by atoms with E-state index >= 15 is 0 Å². The van der Waals surface area contributed by atoms with Crippen LogP contribution in [-0.2, 0) is 9.59 Å². The summed E-state index contributed by atoms with van der Waals surface area (Å²) in [4.78, 5) is 38.1. The van der Waals surface area contributed by atoms with Crippen molar-refractivity contribution in [3.63, 3.8) is 0 Å². The first-order valence-corrected chi connectivity index (χ1v) is 7.91. The number of carbonyl (C=O) groups excluding carboxylic acids is 3. The molecule has 0 saturated carbocycles. The van der Waals surface area contributed by atoms with E-state index in [4.69, 9.17) is 9.47 Å². The smallest absolute Gasteiger partial charge is 0.335 e.